The molecular weight excluding hydrogens is 563 g/mol. The van der Waals surface area contributed by atoms with Gasteiger partial charge in [-0.25, -0.2) is 9.37 Å². The number of fused-ring (bicyclic) bond motifs is 1. The first-order valence-corrected chi connectivity index (χ1v) is 13.5. The van der Waals surface area contributed by atoms with Crippen molar-refractivity contribution in [2.24, 2.45) is 5.73 Å². The van der Waals surface area contributed by atoms with Crippen molar-refractivity contribution in [3.63, 3.8) is 0 Å². The molecular formula is C32H29FN8O3. The number of halogens is 1. The van der Waals surface area contributed by atoms with E-state index >= 15 is 0 Å². The number of hydrogen-bond acceptors (Lipinski definition) is 7. The smallest absolute Gasteiger partial charge is 0.255 e. The number of nitrogens with one attached hydrogen (secondary N) is 3. The number of carbonyl (C=O) groups is 3. The Morgan fingerprint density at radius 1 is 0.955 bits per heavy atom. The van der Waals surface area contributed by atoms with Gasteiger partial charge in [0, 0.05) is 46.8 Å². The third-order valence-corrected chi connectivity index (χ3v) is 6.44. The molecule has 5 N–H and O–H groups in total. The fourth-order valence-electron chi connectivity index (χ4n) is 4.44. The Labute approximate surface area is 252 Å². The summed E-state index contributed by atoms with van der Waals surface area (Å²) in [5.74, 6) is -2.01. The van der Waals surface area contributed by atoms with E-state index in [9.17, 15) is 18.8 Å². The summed E-state index contributed by atoms with van der Waals surface area (Å²) in [4.78, 5) is 47.5. The molecule has 11 nitrogen and oxygen atoms in total. The number of primary amides is 1. The number of hydrogen-bond donors (Lipinski definition) is 4. The van der Waals surface area contributed by atoms with Crippen LogP contribution in [0.2, 0.25) is 0 Å². The van der Waals surface area contributed by atoms with Crippen LogP contribution in [0.25, 0.3) is 16.7 Å². The van der Waals surface area contributed by atoms with E-state index in [-0.39, 0.29) is 29.1 Å². The standard InChI is InChI=1S/C32H29FN8O3/c1-40(2)15-7-14-28(42)36-21-9-5-8-20(16-21)31(44)37-22-10-6-11-23(17-22)38-32-35-18-26(33)30(39-32)41-19-25(29(34)43)24-12-3-4-13-27(24)41/h3-14,16-19H,15H2,1-2H3,(H2,34,43)(H,36,42)(H,37,44)(H,35,38,39)/b14-7+. The van der Waals surface area contributed by atoms with E-state index in [0.717, 1.165) is 6.20 Å². The number of likely N-dealkylation sites (N-methyl/N-ethyl adjacent to an activating group) is 1. The van der Waals surface area contributed by atoms with Gasteiger partial charge >= 0.3 is 0 Å². The van der Waals surface area contributed by atoms with Crippen LogP contribution in [-0.2, 0) is 4.79 Å². The Morgan fingerprint density at radius 2 is 1.68 bits per heavy atom. The zero-order valence-electron chi connectivity index (χ0n) is 23.9. The number of aromatic nitrogens is 3. The van der Waals surface area contributed by atoms with Crippen molar-refractivity contribution in [2.45, 2.75) is 0 Å². The Kier molecular flexibility index (Phi) is 8.72. The van der Waals surface area contributed by atoms with Crippen molar-refractivity contribution >= 4 is 51.6 Å². The predicted octanol–water partition coefficient (Wildman–Crippen LogP) is 4.71. The molecule has 0 saturated heterocycles. The number of anilines is 4. The highest BCUT2D eigenvalue weighted by Crippen LogP contribution is 2.26. The molecule has 44 heavy (non-hydrogen) atoms. The second kappa shape index (κ2) is 13.0. The molecule has 2 heterocycles. The van der Waals surface area contributed by atoms with Gasteiger partial charge in [0.1, 0.15) is 0 Å². The van der Waals surface area contributed by atoms with E-state index in [1.54, 1.807) is 78.9 Å². The van der Waals surface area contributed by atoms with E-state index in [0.29, 0.717) is 40.1 Å². The van der Waals surface area contributed by atoms with Crippen LogP contribution >= 0.6 is 0 Å². The number of para-hydroxylation sites is 1. The lowest BCUT2D eigenvalue weighted by molar-refractivity contribution is -0.111. The predicted molar refractivity (Wildman–Crippen MR) is 168 cm³/mol. The molecule has 12 heteroatoms. The molecule has 5 rings (SSSR count). The monoisotopic (exact) mass is 592 g/mol. The number of carbonyl (C=O) groups excluding carboxylic acids is 3. The minimum Gasteiger partial charge on any atom is -0.366 e. The number of amides is 3. The van der Waals surface area contributed by atoms with Crippen LogP contribution in [0, 0.1) is 5.82 Å². The molecule has 0 fully saturated rings. The van der Waals surface area contributed by atoms with Crippen LogP contribution in [0.5, 0.6) is 0 Å². The van der Waals surface area contributed by atoms with Gasteiger partial charge in [-0.05, 0) is 56.6 Å². The van der Waals surface area contributed by atoms with Crippen molar-refractivity contribution < 1.29 is 18.8 Å². The van der Waals surface area contributed by atoms with E-state index in [1.165, 1.54) is 16.8 Å². The van der Waals surface area contributed by atoms with Gasteiger partial charge in [0.05, 0.1) is 17.3 Å². The zero-order valence-corrected chi connectivity index (χ0v) is 23.9. The lowest BCUT2D eigenvalue weighted by Crippen LogP contribution is -2.14. The molecule has 0 spiro atoms. The van der Waals surface area contributed by atoms with Gasteiger partial charge in [-0.3, -0.25) is 19.0 Å². The molecule has 0 aliphatic rings. The zero-order chi connectivity index (χ0) is 31.2. The first-order chi connectivity index (χ1) is 21.2. The summed E-state index contributed by atoms with van der Waals surface area (Å²) >= 11 is 0. The summed E-state index contributed by atoms with van der Waals surface area (Å²) in [6, 6.07) is 20.4. The summed E-state index contributed by atoms with van der Waals surface area (Å²) in [5, 5.41) is 9.17. The van der Waals surface area contributed by atoms with Crippen LogP contribution in [0.4, 0.5) is 27.4 Å². The van der Waals surface area contributed by atoms with Gasteiger partial charge in [0.2, 0.25) is 11.9 Å². The Balaban J connectivity index is 1.31. The lowest BCUT2D eigenvalue weighted by Gasteiger charge is -2.11. The number of nitrogens with two attached hydrogens (primary N) is 1. The SMILES string of the molecule is CN(C)C/C=C/C(=O)Nc1cccc(C(=O)Nc2cccc(Nc3ncc(F)c(-n4cc(C(N)=O)c5ccccc54)n3)c2)c1. The van der Waals surface area contributed by atoms with Crippen molar-refractivity contribution in [3.05, 3.63) is 114 Å². The largest absolute Gasteiger partial charge is 0.366 e. The summed E-state index contributed by atoms with van der Waals surface area (Å²) in [5.41, 5.74) is 8.16. The van der Waals surface area contributed by atoms with Gasteiger partial charge in [0.25, 0.3) is 11.8 Å². The number of rotatable bonds is 10. The molecule has 3 amide bonds. The van der Waals surface area contributed by atoms with Crippen LogP contribution < -0.4 is 21.7 Å². The number of benzene rings is 3. The summed E-state index contributed by atoms with van der Waals surface area (Å²) in [6.45, 7) is 0.625. The molecule has 0 bridgehead atoms. The molecule has 3 aromatic carbocycles. The quantitative estimate of drug-likeness (QED) is 0.172. The summed E-state index contributed by atoms with van der Waals surface area (Å²) in [7, 11) is 3.80. The molecule has 5 aromatic rings. The van der Waals surface area contributed by atoms with Crippen LogP contribution in [0.15, 0.2) is 97.3 Å². The minimum absolute atomic E-state index is 0.0733. The van der Waals surface area contributed by atoms with Gasteiger partial charge < -0.3 is 26.6 Å². The lowest BCUT2D eigenvalue weighted by atomic mass is 10.1. The van der Waals surface area contributed by atoms with E-state index in [2.05, 4.69) is 25.9 Å². The third-order valence-electron chi connectivity index (χ3n) is 6.44. The Hall–Kier alpha value is -5.88. The second-order valence-electron chi connectivity index (χ2n) is 10.1. The molecule has 2 aromatic heterocycles. The fraction of sp³-hybridized carbons (Fsp3) is 0.0938. The van der Waals surface area contributed by atoms with Gasteiger partial charge in [0.15, 0.2) is 11.6 Å². The van der Waals surface area contributed by atoms with Crippen molar-refractivity contribution in [3.8, 4) is 5.82 Å². The van der Waals surface area contributed by atoms with E-state index < -0.39 is 11.7 Å². The first-order valence-electron chi connectivity index (χ1n) is 13.5. The van der Waals surface area contributed by atoms with Gasteiger partial charge in [-0.15, -0.1) is 0 Å². The maximum Gasteiger partial charge on any atom is 0.255 e. The Morgan fingerprint density at radius 3 is 2.45 bits per heavy atom. The summed E-state index contributed by atoms with van der Waals surface area (Å²) < 4.78 is 16.4. The van der Waals surface area contributed by atoms with E-state index in [1.807, 2.05) is 19.0 Å². The van der Waals surface area contributed by atoms with Gasteiger partial charge in [-0.2, -0.15) is 4.98 Å². The minimum atomic E-state index is -0.698. The normalized spacial score (nSPS) is 11.2. The highest BCUT2D eigenvalue weighted by Gasteiger charge is 2.18. The van der Waals surface area contributed by atoms with Crippen molar-refractivity contribution in [1.82, 2.24) is 19.4 Å². The topological polar surface area (TPSA) is 147 Å². The summed E-state index contributed by atoms with van der Waals surface area (Å²) in [6.07, 6.45) is 5.66. The fourth-order valence-corrected chi connectivity index (χ4v) is 4.44. The molecule has 0 unspecified atom stereocenters. The van der Waals surface area contributed by atoms with Crippen molar-refractivity contribution in [1.29, 1.82) is 0 Å². The van der Waals surface area contributed by atoms with Crippen LogP contribution in [0.3, 0.4) is 0 Å². The van der Waals surface area contributed by atoms with Crippen LogP contribution in [0.1, 0.15) is 20.7 Å². The molecule has 0 saturated carbocycles. The maximum atomic E-state index is 14.9. The van der Waals surface area contributed by atoms with Gasteiger partial charge in [-0.1, -0.05) is 36.4 Å². The average molecular weight is 593 g/mol. The molecule has 0 atom stereocenters. The van der Waals surface area contributed by atoms with Crippen molar-refractivity contribution in [2.75, 3.05) is 36.6 Å². The number of nitrogens with zero attached hydrogens (tertiary/aromatic N) is 4. The molecule has 0 aliphatic carbocycles. The molecule has 222 valence electrons. The first kappa shape index (κ1) is 29.6. The third kappa shape index (κ3) is 6.94. The maximum absolute atomic E-state index is 14.9. The highest BCUT2D eigenvalue weighted by molar-refractivity contribution is 6.07. The van der Waals surface area contributed by atoms with Crippen LogP contribution in [-0.4, -0.2) is 57.8 Å². The molecule has 0 radical (unpaired) electrons. The highest BCUT2D eigenvalue weighted by atomic mass is 19.1. The average Bonchev–Trinajstić information content (AvgIpc) is 3.38. The van der Waals surface area contributed by atoms with E-state index in [4.69, 9.17) is 5.73 Å². The Bertz CT molecular complexity index is 1900. The molecule has 0 aliphatic heterocycles. The second-order valence-corrected chi connectivity index (χ2v) is 10.1.